The summed E-state index contributed by atoms with van der Waals surface area (Å²) in [6.45, 7) is 8.23. The molecule has 1 aromatic rings. The van der Waals surface area contributed by atoms with Crippen LogP contribution in [-0.2, 0) is 5.41 Å². The lowest BCUT2D eigenvalue weighted by atomic mass is 9.96. The van der Waals surface area contributed by atoms with Crippen molar-refractivity contribution in [3.8, 4) is 0 Å². The molecule has 0 bridgehead atoms. The van der Waals surface area contributed by atoms with E-state index in [1.54, 1.807) is 0 Å². The number of H-pyrrole nitrogens is 1. The summed E-state index contributed by atoms with van der Waals surface area (Å²) in [7, 11) is 0. The zero-order chi connectivity index (χ0) is 9.35. The fraction of sp³-hybridized carbons (Fsp3) is 0.750. The predicted octanol–water partition coefficient (Wildman–Crippen LogP) is 2.09. The van der Waals surface area contributed by atoms with Crippen LogP contribution in [0.15, 0.2) is 0 Å². The smallest absolute Gasteiger partial charge is 0.156 e. The van der Waals surface area contributed by atoms with Crippen LogP contribution in [0, 0.1) is 0 Å². The normalized spacial score (nSPS) is 14.8. The van der Waals surface area contributed by atoms with E-state index in [1.807, 2.05) is 6.92 Å². The molecule has 0 amide bonds. The van der Waals surface area contributed by atoms with Gasteiger partial charge in [0.15, 0.2) is 5.82 Å². The lowest BCUT2D eigenvalue weighted by Gasteiger charge is -2.11. The predicted molar refractivity (Wildman–Crippen MR) is 52.5 cm³/mol. The molecule has 68 valence electrons. The van der Waals surface area contributed by atoms with Gasteiger partial charge in [-0.05, 0) is 6.92 Å². The molecule has 0 spiro atoms. The highest BCUT2D eigenvalue weighted by Crippen LogP contribution is 2.20. The third kappa shape index (κ3) is 2.00. The van der Waals surface area contributed by atoms with Crippen molar-refractivity contribution in [2.45, 2.75) is 38.4 Å². The molecule has 1 atom stereocenters. The highest BCUT2D eigenvalue weighted by Gasteiger charge is 2.19. The first-order chi connectivity index (χ1) is 5.41. The Morgan fingerprint density at radius 1 is 1.42 bits per heavy atom. The molecule has 0 aliphatic carbocycles. The van der Waals surface area contributed by atoms with Gasteiger partial charge in [-0.2, -0.15) is 17.7 Å². The quantitative estimate of drug-likeness (QED) is 0.658. The molecule has 0 aliphatic heterocycles. The van der Waals surface area contributed by atoms with Crippen molar-refractivity contribution in [1.29, 1.82) is 0 Å². The van der Waals surface area contributed by atoms with E-state index < -0.39 is 0 Å². The zero-order valence-corrected chi connectivity index (χ0v) is 8.81. The van der Waals surface area contributed by atoms with Gasteiger partial charge in [-0.15, -0.1) is 0 Å². The Bertz CT molecular complexity index is 260. The molecule has 4 heteroatoms. The lowest BCUT2D eigenvalue weighted by molar-refractivity contribution is 0.547. The first-order valence-corrected chi connectivity index (χ1v) is 4.54. The number of thiol groups is 1. The van der Waals surface area contributed by atoms with Gasteiger partial charge in [0.25, 0.3) is 0 Å². The minimum Gasteiger partial charge on any atom is -0.262 e. The van der Waals surface area contributed by atoms with E-state index >= 15 is 0 Å². The molecule has 0 fully saturated rings. The summed E-state index contributed by atoms with van der Waals surface area (Å²) < 4.78 is 0. The van der Waals surface area contributed by atoms with Crippen LogP contribution in [0.1, 0.15) is 44.6 Å². The molecule has 12 heavy (non-hydrogen) atoms. The number of nitrogens with zero attached hydrogens (tertiary/aromatic N) is 2. The van der Waals surface area contributed by atoms with Gasteiger partial charge in [0.2, 0.25) is 0 Å². The molecule has 1 aromatic heterocycles. The third-order valence-electron chi connectivity index (χ3n) is 1.57. The van der Waals surface area contributed by atoms with Gasteiger partial charge >= 0.3 is 0 Å². The first kappa shape index (κ1) is 9.58. The van der Waals surface area contributed by atoms with Gasteiger partial charge in [0.1, 0.15) is 5.82 Å². The Balaban J connectivity index is 2.92. The highest BCUT2D eigenvalue weighted by molar-refractivity contribution is 7.80. The van der Waals surface area contributed by atoms with E-state index in [2.05, 4.69) is 48.6 Å². The Labute approximate surface area is 78.4 Å². The van der Waals surface area contributed by atoms with Gasteiger partial charge in [-0.25, -0.2) is 4.98 Å². The molecule has 0 saturated carbocycles. The minimum absolute atomic E-state index is 0.0113. The number of aromatic amines is 1. The maximum absolute atomic E-state index is 4.34. The van der Waals surface area contributed by atoms with Crippen LogP contribution in [0.5, 0.6) is 0 Å². The Kier molecular flexibility index (Phi) is 2.46. The maximum Gasteiger partial charge on any atom is 0.156 e. The number of aromatic nitrogens is 3. The van der Waals surface area contributed by atoms with E-state index in [1.165, 1.54) is 0 Å². The minimum atomic E-state index is 0.0113. The molecule has 0 aromatic carbocycles. The number of rotatable bonds is 1. The molecule has 1 N–H and O–H groups in total. The van der Waals surface area contributed by atoms with Crippen LogP contribution >= 0.6 is 12.6 Å². The molecule has 0 saturated heterocycles. The Hall–Kier alpha value is -0.510. The summed E-state index contributed by atoms with van der Waals surface area (Å²) in [5, 5.41) is 7.12. The van der Waals surface area contributed by atoms with Crippen LogP contribution in [0.4, 0.5) is 0 Å². The lowest BCUT2D eigenvalue weighted by Crippen LogP contribution is -2.13. The van der Waals surface area contributed by atoms with Crippen LogP contribution in [0.3, 0.4) is 0 Å². The van der Waals surface area contributed by atoms with Crippen molar-refractivity contribution in [2.24, 2.45) is 0 Å². The van der Waals surface area contributed by atoms with E-state index in [9.17, 15) is 0 Å². The largest absolute Gasteiger partial charge is 0.262 e. The van der Waals surface area contributed by atoms with Gasteiger partial charge in [-0.3, -0.25) is 5.10 Å². The Morgan fingerprint density at radius 2 is 2.00 bits per heavy atom. The van der Waals surface area contributed by atoms with E-state index in [0.29, 0.717) is 0 Å². The van der Waals surface area contributed by atoms with Crippen LogP contribution in [0.2, 0.25) is 0 Å². The summed E-state index contributed by atoms with van der Waals surface area (Å²) >= 11 is 4.26. The van der Waals surface area contributed by atoms with E-state index in [-0.39, 0.29) is 10.7 Å². The summed E-state index contributed by atoms with van der Waals surface area (Å²) in [6.07, 6.45) is 0. The molecule has 1 rings (SSSR count). The van der Waals surface area contributed by atoms with Crippen molar-refractivity contribution in [1.82, 2.24) is 15.2 Å². The summed E-state index contributed by atoms with van der Waals surface area (Å²) in [5.74, 6) is 1.68. The number of hydrogen-bond donors (Lipinski definition) is 2. The summed E-state index contributed by atoms with van der Waals surface area (Å²) in [6, 6.07) is 0. The maximum atomic E-state index is 4.34. The molecule has 3 nitrogen and oxygen atoms in total. The van der Waals surface area contributed by atoms with E-state index in [4.69, 9.17) is 0 Å². The summed E-state index contributed by atoms with van der Waals surface area (Å²) in [4.78, 5) is 4.34. The van der Waals surface area contributed by atoms with Crippen molar-refractivity contribution in [3.05, 3.63) is 11.6 Å². The van der Waals surface area contributed by atoms with Gasteiger partial charge in [-0.1, -0.05) is 20.8 Å². The van der Waals surface area contributed by atoms with Gasteiger partial charge in [0.05, 0.1) is 5.25 Å². The zero-order valence-electron chi connectivity index (χ0n) is 7.92. The average molecular weight is 185 g/mol. The second kappa shape index (κ2) is 3.09. The molecule has 1 heterocycles. The van der Waals surface area contributed by atoms with E-state index in [0.717, 1.165) is 11.6 Å². The molecular weight excluding hydrogens is 170 g/mol. The monoisotopic (exact) mass is 185 g/mol. The van der Waals surface area contributed by atoms with Crippen LogP contribution in [-0.4, -0.2) is 15.2 Å². The van der Waals surface area contributed by atoms with Crippen molar-refractivity contribution < 1.29 is 0 Å². The molecule has 1 unspecified atom stereocenters. The molecular formula is C8H15N3S. The fourth-order valence-corrected chi connectivity index (χ4v) is 0.912. The SMILES string of the molecule is CC(S)c1nc(C(C)(C)C)n[nH]1. The van der Waals surface area contributed by atoms with Gasteiger partial charge in [0, 0.05) is 5.41 Å². The van der Waals surface area contributed by atoms with Crippen LogP contribution in [0.25, 0.3) is 0 Å². The fourth-order valence-electron chi connectivity index (χ4n) is 0.797. The standard InChI is InChI=1S/C8H15N3S/c1-5(12)6-9-7(11-10-6)8(2,3)4/h5,12H,1-4H3,(H,9,10,11). The van der Waals surface area contributed by atoms with Crippen molar-refractivity contribution in [3.63, 3.8) is 0 Å². The van der Waals surface area contributed by atoms with Crippen molar-refractivity contribution in [2.75, 3.05) is 0 Å². The second-order valence-electron chi connectivity index (χ2n) is 3.97. The van der Waals surface area contributed by atoms with Crippen molar-refractivity contribution >= 4 is 12.6 Å². The highest BCUT2D eigenvalue weighted by atomic mass is 32.1. The number of nitrogens with one attached hydrogen (secondary N) is 1. The summed E-state index contributed by atoms with van der Waals surface area (Å²) in [5.41, 5.74) is 0.0113. The van der Waals surface area contributed by atoms with Crippen LogP contribution < -0.4 is 0 Å². The number of hydrogen-bond acceptors (Lipinski definition) is 3. The average Bonchev–Trinajstić information content (AvgIpc) is 2.30. The molecule has 0 aliphatic rings. The Morgan fingerprint density at radius 3 is 2.25 bits per heavy atom. The van der Waals surface area contributed by atoms with Gasteiger partial charge < -0.3 is 0 Å². The second-order valence-corrected chi connectivity index (χ2v) is 4.74. The topological polar surface area (TPSA) is 41.6 Å². The third-order valence-corrected chi connectivity index (χ3v) is 1.81. The first-order valence-electron chi connectivity index (χ1n) is 4.02. The molecule has 0 radical (unpaired) electrons.